The molecule has 0 radical (unpaired) electrons. The Kier molecular flexibility index (Phi) is 4.26. The van der Waals surface area contributed by atoms with Crippen molar-refractivity contribution in [1.29, 1.82) is 0 Å². The molecular weight excluding hydrogens is 262 g/mol. The molecule has 110 valence electrons. The van der Waals surface area contributed by atoms with Crippen LogP contribution in [0.3, 0.4) is 0 Å². The maximum atomic E-state index is 13.7. The van der Waals surface area contributed by atoms with Crippen molar-refractivity contribution in [3.8, 4) is 0 Å². The molecule has 1 aromatic carbocycles. The summed E-state index contributed by atoms with van der Waals surface area (Å²) in [7, 11) is 1.44. The van der Waals surface area contributed by atoms with E-state index in [-0.39, 0.29) is 23.2 Å². The van der Waals surface area contributed by atoms with Crippen molar-refractivity contribution in [2.45, 2.75) is 32.7 Å². The normalized spacial score (nSPS) is 18.7. The third kappa shape index (κ3) is 2.62. The molecule has 1 fully saturated rings. The minimum atomic E-state index is -0.740. The average Bonchev–Trinajstić information content (AvgIpc) is 2.86. The van der Waals surface area contributed by atoms with Gasteiger partial charge in [0.1, 0.15) is 17.3 Å². The first-order chi connectivity index (χ1) is 9.45. The Hall–Kier alpha value is -1.65. The topological polar surface area (TPSA) is 32.3 Å². The van der Waals surface area contributed by atoms with Crippen molar-refractivity contribution in [3.05, 3.63) is 29.3 Å². The molecule has 1 atom stereocenters. The molecule has 0 spiro atoms. The summed E-state index contributed by atoms with van der Waals surface area (Å²) in [6, 6.07) is 2.36. The molecule has 0 aliphatic carbocycles. The van der Waals surface area contributed by atoms with Gasteiger partial charge in [0.05, 0.1) is 0 Å². The number of hydrogen-bond acceptors (Lipinski definition) is 2. The summed E-state index contributed by atoms with van der Waals surface area (Å²) in [5, 5.41) is 2.45. The summed E-state index contributed by atoms with van der Waals surface area (Å²) in [4.78, 5) is 14.2. The fraction of sp³-hybridized carbons (Fsp3) is 0.533. The minimum absolute atomic E-state index is 0.0755. The Morgan fingerprint density at radius 1 is 1.35 bits per heavy atom. The van der Waals surface area contributed by atoms with E-state index in [9.17, 15) is 13.6 Å². The van der Waals surface area contributed by atoms with Crippen molar-refractivity contribution in [1.82, 2.24) is 4.90 Å². The number of likely N-dealkylation sites (tertiary alicyclic amines) is 1. The summed E-state index contributed by atoms with van der Waals surface area (Å²) in [6.07, 6.45) is 1.89. The second kappa shape index (κ2) is 5.77. The van der Waals surface area contributed by atoms with E-state index in [1.54, 1.807) is 4.90 Å². The molecule has 1 aliphatic rings. The molecule has 1 aromatic rings. The van der Waals surface area contributed by atoms with E-state index in [4.69, 9.17) is 0 Å². The van der Waals surface area contributed by atoms with Crippen LogP contribution in [0, 0.1) is 17.6 Å². The molecule has 3 nitrogen and oxygen atoms in total. The molecule has 20 heavy (non-hydrogen) atoms. The fourth-order valence-electron chi connectivity index (χ4n) is 2.84. The van der Waals surface area contributed by atoms with E-state index >= 15 is 0 Å². The SMILES string of the molecule is CNc1c(F)cc(C(=O)N2CCCC2C(C)C)cc1F. The van der Waals surface area contributed by atoms with Gasteiger partial charge in [-0.05, 0) is 30.9 Å². The van der Waals surface area contributed by atoms with E-state index in [0.29, 0.717) is 12.5 Å². The van der Waals surface area contributed by atoms with E-state index < -0.39 is 11.6 Å². The Bertz CT molecular complexity index is 494. The van der Waals surface area contributed by atoms with Gasteiger partial charge in [-0.2, -0.15) is 0 Å². The van der Waals surface area contributed by atoms with Gasteiger partial charge in [-0.15, -0.1) is 0 Å². The number of benzene rings is 1. The summed E-state index contributed by atoms with van der Waals surface area (Å²) in [5.41, 5.74) is -0.130. The summed E-state index contributed by atoms with van der Waals surface area (Å²) < 4.78 is 27.5. The largest absolute Gasteiger partial charge is 0.383 e. The van der Waals surface area contributed by atoms with Gasteiger partial charge in [0.2, 0.25) is 0 Å². The first kappa shape index (κ1) is 14.8. The standard InChI is InChI=1S/C15H20F2N2O/c1-9(2)13-5-4-6-19(13)15(20)10-7-11(16)14(18-3)12(17)8-10/h7-9,13,18H,4-6H2,1-3H3. The quantitative estimate of drug-likeness (QED) is 0.923. The predicted molar refractivity (Wildman–Crippen MR) is 74.8 cm³/mol. The fourth-order valence-corrected chi connectivity index (χ4v) is 2.84. The zero-order valence-corrected chi connectivity index (χ0v) is 12.0. The van der Waals surface area contributed by atoms with Gasteiger partial charge < -0.3 is 10.2 Å². The lowest BCUT2D eigenvalue weighted by Gasteiger charge is -2.28. The third-order valence-corrected chi connectivity index (χ3v) is 3.87. The highest BCUT2D eigenvalue weighted by molar-refractivity contribution is 5.95. The van der Waals surface area contributed by atoms with Gasteiger partial charge in [0.15, 0.2) is 0 Å². The van der Waals surface area contributed by atoms with Gasteiger partial charge >= 0.3 is 0 Å². The number of hydrogen-bond donors (Lipinski definition) is 1. The van der Waals surface area contributed by atoms with Crippen LogP contribution in [0.15, 0.2) is 12.1 Å². The number of carbonyl (C=O) groups excluding carboxylic acids is 1. The van der Waals surface area contributed by atoms with Gasteiger partial charge in [-0.3, -0.25) is 4.79 Å². The molecule has 1 aliphatic heterocycles. The smallest absolute Gasteiger partial charge is 0.254 e. The summed E-state index contributed by atoms with van der Waals surface area (Å²) >= 11 is 0. The first-order valence-electron chi connectivity index (χ1n) is 6.93. The lowest BCUT2D eigenvalue weighted by atomic mass is 10.0. The molecule has 0 bridgehead atoms. The van der Waals surface area contributed by atoms with Gasteiger partial charge in [-0.1, -0.05) is 13.8 Å². The minimum Gasteiger partial charge on any atom is -0.383 e. The van der Waals surface area contributed by atoms with E-state index in [0.717, 1.165) is 25.0 Å². The monoisotopic (exact) mass is 282 g/mol. The Morgan fingerprint density at radius 3 is 2.45 bits per heavy atom. The molecule has 1 saturated heterocycles. The lowest BCUT2D eigenvalue weighted by molar-refractivity contribution is 0.0700. The van der Waals surface area contributed by atoms with Gasteiger partial charge in [-0.25, -0.2) is 8.78 Å². The molecule has 0 aromatic heterocycles. The lowest BCUT2D eigenvalue weighted by Crippen LogP contribution is -2.38. The second-order valence-electron chi connectivity index (χ2n) is 5.52. The maximum Gasteiger partial charge on any atom is 0.254 e. The zero-order valence-electron chi connectivity index (χ0n) is 12.0. The maximum absolute atomic E-state index is 13.7. The van der Waals surface area contributed by atoms with Crippen molar-refractivity contribution in [3.63, 3.8) is 0 Å². The van der Waals surface area contributed by atoms with Crippen molar-refractivity contribution in [2.24, 2.45) is 5.92 Å². The molecule has 1 unspecified atom stereocenters. The average molecular weight is 282 g/mol. The highest BCUT2D eigenvalue weighted by Crippen LogP contribution is 2.27. The van der Waals surface area contributed by atoms with Crippen LogP contribution in [0.5, 0.6) is 0 Å². The van der Waals surface area contributed by atoms with Crippen LogP contribution in [0.1, 0.15) is 37.0 Å². The highest BCUT2D eigenvalue weighted by Gasteiger charge is 2.32. The first-order valence-corrected chi connectivity index (χ1v) is 6.93. The van der Waals surface area contributed by atoms with Crippen molar-refractivity contribution in [2.75, 3.05) is 18.9 Å². The number of nitrogens with zero attached hydrogens (tertiary/aromatic N) is 1. The molecule has 0 saturated carbocycles. The number of carbonyl (C=O) groups is 1. The van der Waals surface area contributed by atoms with Crippen LogP contribution in [-0.2, 0) is 0 Å². The van der Waals surface area contributed by atoms with E-state index in [2.05, 4.69) is 19.2 Å². The zero-order chi connectivity index (χ0) is 14.9. The summed E-state index contributed by atoms with van der Waals surface area (Å²) in [5.74, 6) is -1.43. The van der Waals surface area contributed by atoms with E-state index in [1.165, 1.54) is 7.05 Å². The molecule has 1 amide bonds. The number of rotatable bonds is 3. The molecular formula is C15H20F2N2O. The Balaban J connectivity index is 2.30. The van der Waals surface area contributed by atoms with Gasteiger partial charge in [0, 0.05) is 25.2 Å². The third-order valence-electron chi connectivity index (χ3n) is 3.87. The van der Waals surface area contributed by atoms with Gasteiger partial charge in [0.25, 0.3) is 5.91 Å². The van der Waals surface area contributed by atoms with Crippen molar-refractivity contribution < 1.29 is 13.6 Å². The van der Waals surface area contributed by atoms with Crippen LogP contribution in [0.2, 0.25) is 0 Å². The van der Waals surface area contributed by atoms with Crippen molar-refractivity contribution >= 4 is 11.6 Å². The molecule has 5 heteroatoms. The molecule has 2 rings (SSSR count). The molecule has 1 heterocycles. The summed E-state index contributed by atoms with van der Waals surface area (Å²) in [6.45, 7) is 4.77. The highest BCUT2D eigenvalue weighted by atomic mass is 19.1. The number of amides is 1. The van der Waals surface area contributed by atoms with Crippen LogP contribution in [-0.4, -0.2) is 30.4 Å². The number of anilines is 1. The predicted octanol–water partition coefficient (Wildman–Crippen LogP) is 3.27. The second-order valence-corrected chi connectivity index (χ2v) is 5.52. The van der Waals surface area contributed by atoms with E-state index in [1.807, 2.05) is 0 Å². The number of halogens is 2. The molecule has 1 N–H and O–H groups in total. The van der Waals surface area contributed by atoms with Crippen LogP contribution in [0.4, 0.5) is 14.5 Å². The Labute approximate surface area is 118 Å². The number of nitrogens with one attached hydrogen (secondary N) is 1. The Morgan fingerprint density at radius 2 is 1.95 bits per heavy atom. The van der Waals surface area contributed by atoms with Crippen LogP contribution < -0.4 is 5.32 Å². The van der Waals surface area contributed by atoms with Crippen LogP contribution in [0.25, 0.3) is 0 Å². The van der Waals surface area contributed by atoms with Crippen LogP contribution >= 0.6 is 0 Å².